The maximum absolute atomic E-state index is 8.95. The van der Waals surface area contributed by atoms with Crippen LogP contribution in [0.5, 0.6) is 0 Å². The Balaban J connectivity index is 2.12. The summed E-state index contributed by atoms with van der Waals surface area (Å²) >= 11 is 0. The summed E-state index contributed by atoms with van der Waals surface area (Å²) in [6.45, 7) is 4.60. The maximum Gasteiger partial charge on any atom is 0.154 e. The van der Waals surface area contributed by atoms with Gasteiger partial charge in [0.1, 0.15) is 0 Å². The molecule has 0 spiro atoms. The summed E-state index contributed by atoms with van der Waals surface area (Å²) in [7, 11) is 0. The first-order valence-corrected chi connectivity index (χ1v) is 3.85. The quantitative estimate of drug-likeness (QED) is 0.614. The van der Waals surface area contributed by atoms with E-state index in [4.69, 9.17) is 14.6 Å². The Bertz CT molecular complexity index is 117. The van der Waals surface area contributed by atoms with Crippen molar-refractivity contribution in [2.24, 2.45) is 0 Å². The maximum atomic E-state index is 8.95. The Kier molecular flexibility index (Phi) is 3.56. The summed E-state index contributed by atoms with van der Waals surface area (Å²) < 4.78 is 10.3. The van der Waals surface area contributed by atoms with Gasteiger partial charge in [-0.25, -0.2) is 0 Å². The summed E-state index contributed by atoms with van der Waals surface area (Å²) in [4.78, 5) is 0. The van der Waals surface area contributed by atoms with Crippen molar-refractivity contribution in [1.82, 2.24) is 0 Å². The van der Waals surface area contributed by atoms with Gasteiger partial charge >= 0.3 is 0 Å². The molecule has 1 aliphatic heterocycles. The number of aliphatic hydroxyl groups is 1. The minimum atomic E-state index is -0.585. The van der Waals surface area contributed by atoms with E-state index < -0.39 is 6.29 Å². The zero-order chi connectivity index (χ0) is 8.10. The van der Waals surface area contributed by atoms with E-state index in [0.717, 1.165) is 6.42 Å². The predicted octanol–water partition coefficient (Wildman–Crippen LogP) is 0.686. The average molecular weight is 158 g/mol. The van der Waals surface area contributed by atoms with Crippen molar-refractivity contribution in [1.29, 1.82) is 0 Å². The second-order valence-corrected chi connectivity index (χ2v) is 2.61. The Hall–Kier alpha value is -0.380. The van der Waals surface area contributed by atoms with E-state index in [2.05, 4.69) is 6.58 Å². The number of hydrogen-bond acceptors (Lipinski definition) is 3. The molecule has 1 fully saturated rings. The first-order valence-electron chi connectivity index (χ1n) is 3.85. The zero-order valence-electron chi connectivity index (χ0n) is 6.53. The van der Waals surface area contributed by atoms with Crippen molar-refractivity contribution in [3.8, 4) is 0 Å². The smallest absolute Gasteiger partial charge is 0.154 e. The lowest BCUT2D eigenvalue weighted by Crippen LogP contribution is -2.31. The molecule has 0 saturated carbocycles. The third kappa shape index (κ3) is 3.01. The van der Waals surface area contributed by atoms with Gasteiger partial charge in [0.15, 0.2) is 6.29 Å². The van der Waals surface area contributed by atoms with E-state index in [1.54, 1.807) is 6.08 Å². The standard InChI is InChI=1S/C8H14O3/c1-2-5-10-7-3-4-8(9)11-6-7/h2,7-9H,1,3-6H2/t7-,8-/m0/s1. The summed E-state index contributed by atoms with van der Waals surface area (Å²) in [6.07, 6.45) is 2.80. The van der Waals surface area contributed by atoms with E-state index in [1.165, 1.54) is 0 Å². The third-order valence-electron chi connectivity index (χ3n) is 1.66. The van der Waals surface area contributed by atoms with Crippen LogP contribution in [0.3, 0.4) is 0 Å². The Morgan fingerprint density at radius 1 is 1.64 bits per heavy atom. The summed E-state index contributed by atoms with van der Waals surface area (Å²) in [6, 6.07) is 0. The van der Waals surface area contributed by atoms with Crippen LogP contribution in [0.25, 0.3) is 0 Å². The summed E-state index contributed by atoms with van der Waals surface area (Å²) in [5.41, 5.74) is 0. The van der Waals surface area contributed by atoms with Crippen LogP contribution in [0.15, 0.2) is 12.7 Å². The molecule has 0 unspecified atom stereocenters. The van der Waals surface area contributed by atoms with E-state index in [1.807, 2.05) is 0 Å². The highest BCUT2D eigenvalue weighted by atomic mass is 16.6. The molecule has 0 aromatic rings. The van der Waals surface area contributed by atoms with Gasteiger partial charge in [-0.3, -0.25) is 0 Å². The molecule has 1 N–H and O–H groups in total. The number of hydrogen-bond donors (Lipinski definition) is 1. The topological polar surface area (TPSA) is 38.7 Å². The Morgan fingerprint density at radius 3 is 3.00 bits per heavy atom. The molecule has 1 aliphatic rings. The lowest BCUT2D eigenvalue weighted by Gasteiger charge is -2.25. The molecular weight excluding hydrogens is 144 g/mol. The van der Waals surface area contributed by atoms with Crippen molar-refractivity contribution in [2.45, 2.75) is 25.2 Å². The molecule has 3 heteroatoms. The van der Waals surface area contributed by atoms with Gasteiger partial charge in [0.25, 0.3) is 0 Å². The first-order chi connectivity index (χ1) is 5.33. The van der Waals surface area contributed by atoms with Gasteiger partial charge in [0.05, 0.1) is 19.3 Å². The van der Waals surface area contributed by atoms with E-state index >= 15 is 0 Å². The highest BCUT2D eigenvalue weighted by Gasteiger charge is 2.19. The van der Waals surface area contributed by atoms with Gasteiger partial charge in [-0.1, -0.05) is 6.08 Å². The highest BCUT2D eigenvalue weighted by molar-refractivity contribution is 4.69. The number of aliphatic hydroxyl groups excluding tert-OH is 1. The van der Waals surface area contributed by atoms with Crippen molar-refractivity contribution in [3.63, 3.8) is 0 Å². The minimum Gasteiger partial charge on any atom is -0.372 e. The molecule has 2 atom stereocenters. The van der Waals surface area contributed by atoms with Crippen molar-refractivity contribution in [3.05, 3.63) is 12.7 Å². The molecule has 1 rings (SSSR count). The summed E-state index contributed by atoms with van der Waals surface area (Å²) in [5, 5.41) is 8.95. The lowest BCUT2D eigenvalue weighted by molar-refractivity contribution is -0.164. The highest BCUT2D eigenvalue weighted by Crippen LogP contribution is 2.13. The molecule has 0 radical (unpaired) electrons. The van der Waals surface area contributed by atoms with Crippen molar-refractivity contribution >= 4 is 0 Å². The van der Waals surface area contributed by atoms with Crippen LogP contribution in [-0.2, 0) is 9.47 Å². The van der Waals surface area contributed by atoms with Crippen molar-refractivity contribution in [2.75, 3.05) is 13.2 Å². The van der Waals surface area contributed by atoms with Gasteiger partial charge in [-0.15, -0.1) is 6.58 Å². The molecule has 64 valence electrons. The third-order valence-corrected chi connectivity index (χ3v) is 1.66. The molecule has 0 amide bonds. The second kappa shape index (κ2) is 4.49. The molecule has 1 heterocycles. The lowest BCUT2D eigenvalue weighted by atomic mass is 10.1. The van der Waals surface area contributed by atoms with Gasteiger partial charge in [0.2, 0.25) is 0 Å². The normalized spacial score (nSPS) is 31.7. The zero-order valence-corrected chi connectivity index (χ0v) is 6.53. The molecule has 0 bridgehead atoms. The molecule has 3 nitrogen and oxygen atoms in total. The van der Waals surface area contributed by atoms with Crippen LogP contribution in [0.2, 0.25) is 0 Å². The van der Waals surface area contributed by atoms with E-state index in [0.29, 0.717) is 19.6 Å². The van der Waals surface area contributed by atoms with Gasteiger partial charge in [-0.2, -0.15) is 0 Å². The molecule has 0 aromatic heterocycles. The van der Waals surface area contributed by atoms with Crippen LogP contribution in [-0.4, -0.2) is 30.7 Å². The SMILES string of the molecule is C=CCO[C@H]1CC[C@@H](O)OC1. The fraction of sp³-hybridized carbons (Fsp3) is 0.750. The van der Waals surface area contributed by atoms with Gasteiger partial charge < -0.3 is 14.6 Å². The van der Waals surface area contributed by atoms with E-state index in [9.17, 15) is 0 Å². The van der Waals surface area contributed by atoms with Crippen LogP contribution < -0.4 is 0 Å². The molecule has 0 aliphatic carbocycles. The van der Waals surface area contributed by atoms with Crippen LogP contribution in [0.4, 0.5) is 0 Å². The Morgan fingerprint density at radius 2 is 2.45 bits per heavy atom. The number of ether oxygens (including phenoxy) is 2. The summed E-state index contributed by atoms with van der Waals surface area (Å²) in [5.74, 6) is 0. The van der Waals surface area contributed by atoms with Crippen molar-refractivity contribution < 1.29 is 14.6 Å². The van der Waals surface area contributed by atoms with E-state index in [-0.39, 0.29) is 6.10 Å². The molecule has 1 saturated heterocycles. The predicted molar refractivity (Wildman–Crippen MR) is 41.1 cm³/mol. The number of rotatable bonds is 3. The Labute approximate surface area is 66.6 Å². The van der Waals surface area contributed by atoms with Crippen LogP contribution in [0.1, 0.15) is 12.8 Å². The largest absolute Gasteiger partial charge is 0.372 e. The first kappa shape index (κ1) is 8.71. The second-order valence-electron chi connectivity index (χ2n) is 2.61. The van der Waals surface area contributed by atoms with Crippen LogP contribution in [0, 0.1) is 0 Å². The van der Waals surface area contributed by atoms with Gasteiger partial charge in [0, 0.05) is 6.42 Å². The van der Waals surface area contributed by atoms with Gasteiger partial charge in [-0.05, 0) is 6.42 Å². The minimum absolute atomic E-state index is 0.136. The fourth-order valence-corrected chi connectivity index (χ4v) is 1.05. The fourth-order valence-electron chi connectivity index (χ4n) is 1.05. The average Bonchev–Trinajstić information content (AvgIpc) is 2.04. The molecule has 11 heavy (non-hydrogen) atoms. The molecular formula is C8H14O3. The molecule has 0 aromatic carbocycles. The van der Waals surface area contributed by atoms with Crippen LogP contribution >= 0.6 is 0 Å². The monoisotopic (exact) mass is 158 g/mol.